The van der Waals surface area contributed by atoms with Gasteiger partial charge in [-0.05, 0) is 38.5 Å². The molecule has 0 fully saturated rings. The minimum Gasteiger partial charge on any atom is -0.489 e. The molecule has 0 unspecified atom stereocenters. The third-order valence-corrected chi connectivity index (χ3v) is 2.57. The zero-order valence-electron chi connectivity index (χ0n) is 10.8. The zero-order chi connectivity index (χ0) is 13.1. The third-order valence-electron chi connectivity index (χ3n) is 2.57. The predicted molar refractivity (Wildman–Crippen MR) is 72.4 cm³/mol. The SMILES string of the molecule is Cc1ccnc(-c2cncc(OC(C)C)c2)c1N. The lowest BCUT2D eigenvalue weighted by molar-refractivity contribution is 0.241. The number of nitrogen functional groups attached to an aromatic ring is 1. The van der Waals surface area contributed by atoms with Crippen molar-refractivity contribution in [2.24, 2.45) is 0 Å². The Kier molecular flexibility index (Phi) is 3.46. The van der Waals surface area contributed by atoms with E-state index in [-0.39, 0.29) is 6.10 Å². The van der Waals surface area contributed by atoms with E-state index in [1.807, 2.05) is 32.9 Å². The topological polar surface area (TPSA) is 61.0 Å². The minimum atomic E-state index is 0.116. The van der Waals surface area contributed by atoms with Crippen LogP contribution in [0.3, 0.4) is 0 Å². The second-order valence-electron chi connectivity index (χ2n) is 4.47. The van der Waals surface area contributed by atoms with Gasteiger partial charge in [-0.2, -0.15) is 0 Å². The van der Waals surface area contributed by atoms with E-state index in [1.54, 1.807) is 18.6 Å². The van der Waals surface area contributed by atoms with Gasteiger partial charge in [-0.25, -0.2) is 0 Å². The highest BCUT2D eigenvalue weighted by Crippen LogP contribution is 2.27. The van der Waals surface area contributed by atoms with Crippen LogP contribution in [0.25, 0.3) is 11.3 Å². The average molecular weight is 243 g/mol. The molecular weight excluding hydrogens is 226 g/mol. The van der Waals surface area contributed by atoms with E-state index in [2.05, 4.69) is 9.97 Å². The molecule has 4 nitrogen and oxygen atoms in total. The van der Waals surface area contributed by atoms with E-state index >= 15 is 0 Å². The highest BCUT2D eigenvalue weighted by Gasteiger charge is 2.08. The van der Waals surface area contributed by atoms with Crippen molar-refractivity contribution in [2.45, 2.75) is 26.9 Å². The molecule has 2 heterocycles. The number of nitrogens with zero attached hydrogens (tertiary/aromatic N) is 2. The molecule has 0 aliphatic rings. The van der Waals surface area contributed by atoms with Crippen LogP contribution in [-0.2, 0) is 0 Å². The minimum absolute atomic E-state index is 0.116. The molecule has 0 amide bonds. The number of rotatable bonds is 3. The Labute approximate surface area is 107 Å². The van der Waals surface area contributed by atoms with Gasteiger partial charge in [-0.3, -0.25) is 9.97 Å². The van der Waals surface area contributed by atoms with Crippen molar-refractivity contribution < 1.29 is 4.74 Å². The largest absolute Gasteiger partial charge is 0.489 e. The van der Waals surface area contributed by atoms with Gasteiger partial charge in [0.2, 0.25) is 0 Å². The van der Waals surface area contributed by atoms with Crippen molar-refractivity contribution in [3.05, 3.63) is 36.3 Å². The van der Waals surface area contributed by atoms with Crippen molar-refractivity contribution in [1.82, 2.24) is 9.97 Å². The Balaban J connectivity index is 2.41. The van der Waals surface area contributed by atoms with Crippen LogP contribution in [-0.4, -0.2) is 16.1 Å². The van der Waals surface area contributed by atoms with Gasteiger partial charge in [-0.1, -0.05) is 0 Å². The molecule has 2 rings (SSSR count). The van der Waals surface area contributed by atoms with E-state index in [9.17, 15) is 0 Å². The number of nitrogens with two attached hydrogens (primary N) is 1. The van der Waals surface area contributed by atoms with E-state index in [0.717, 1.165) is 22.6 Å². The number of ether oxygens (including phenoxy) is 1. The number of hydrogen-bond donors (Lipinski definition) is 1. The normalized spacial score (nSPS) is 10.7. The number of anilines is 1. The number of aromatic nitrogens is 2. The molecule has 0 saturated carbocycles. The summed E-state index contributed by atoms with van der Waals surface area (Å²) in [4.78, 5) is 8.47. The number of pyridine rings is 2. The summed E-state index contributed by atoms with van der Waals surface area (Å²) in [6.45, 7) is 5.92. The van der Waals surface area contributed by atoms with Gasteiger partial charge in [0, 0.05) is 18.0 Å². The van der Waals surface area contributed by atoms with Gasteiger partial charge in [0.05, 0.1) is 23.7 Å². The van der Waals surface area contributed by atoms with Gasteiger partial charge in [0.15, 0.2) is 0 Å². The van der Waals surface area contributed by atoms with Gasteiger partial charge in [0.1, 0.15) is 5.75 Å². The van der Waals surface area contributed by atoms with Crippen LogP contribution in [0.5, 0.6) is 5.75 Å². The maximum Gasteiger partial charge on any atom is 0.138 e. The standard InChI is InChI=1S/C14H17N3O/c1-9(2)18-12-6-11(7-16-8-12)14-13(15)10(3)4-5-17-14/h4-9H,15H2,1-3H3. The molecule has 2 aromatic rings. The van der Waals surface area contributed by atoms with Crippen LogP contribution < -0.4 is 10.5 Å². The molecule has 0 aliphatic carbocycles. The second-order valence-corrected chi connectivity index (χ2v) is 4.47. The smallest absolute Gasteiger partial charge is 0.138 e. The quantitative estimate of drug-likeness (QED) is 0.900. The van der Waals surface area contributed by atoms with Crippen molar-refractivity contribution in [3.63, 3.8) is 0 Å². The first-order valence-corrected chi connectivity index (χ1v) is 5.91. The monoisotopic (exact) mass is 243 g/mol. The summed E-state index contributed by atoms with van der Waals surface area (Å²) in [5.74, 6) is 0.727. The fourth-order valence-electron chi connectivity index (χ4n) is 1.68. The zero-order valence-corrected chi connectivity index (χ0v) is 10.8. The fraction of sp³-hybridized carbons (Fsp3) is 0.286. The Bertz CT molecular complexity index is 552. The summed E-state index contributed by atoms with van der Waals surface area (Å²) >= 11 is 0. The van der Waals surface area contributed by atoms with Crippen LogP contribution in [0.2, 0.25) is 0 Å². The number of hydrogen-bond acceptors (Lipinski definition) is 4. The van der Waals surface area contributed by atoms with Crippen molar-refractivity contribution in [2.75, 3.05) is 5.73 Å². The first-order chi connectivity index (χ1) is 8.58. The Hall–Kier alpha value is -2.10. The molecule has 0 spiro atoms. The van der Waals surface area contributed by atoms with Gasteiger partial charge in [0.25, 0.3) is 0 Å². The maximum atomic E-state index is 6.03. The molecule has 4 heteroatoms. The molecule has 2 N–H and O–H groups in total. The van der Waals surface area contributed by atoms with E-state index in [1.165, 1.54) is 0 Å². The second kappa shape index (κ2) is 5.04. The summed E-state index contributed by atoms with van der Waals surface area (Å²) in [5.41, 5.74) is 9.34. The summed E-state index contributed by atoms with van der Waals surface area (Å²) in [6.07, 6.45) is 5.29. The van der Waals surface area contributed by atoms with Gasteiger partial charge >= 0.3 is 0 Å². The molecular formula is C14H17N3O. The molecule has 2 aromatic heterocycles. The lowest BCUT2D eigenvalue weighted by Crippen LogP contribution is -2.06. The van der Waals surface area contributed by atoms with Crippen LogP contribution in [0, 0.1) is 6.92 Å². The molecule has 0 aromatic carbocycles. The molecule has 0 radical (unpaired) electrons. The first kappa shape index (κ1) is 12.4. The highest BCUT2D eigenvalue weighted by molar-refractivity contribution is 5.74. The van der Waals surface area contributed by atoms with Gasteiger partial charge < -0.3 is 10.5 Å². The van der Waals surface area contributed by atoms with E-state index in [0.29, 0.717) is 5.69 Å². The van der Waals surface area contributed by atoms with Crippen LogP contribution in [0.1, 0.15) is 19.4 Å². The van der Waals surface area contributed by atoms with Crippen molar-refractivity contribution in [3.8, 4) is 17.0 Å². The molecule has 0 atom stereocenters. The lowest BCUT2D eigenvalue weighted by atomic mass is 10.1. The lowest BCUT2D eigenvalue weighted by Gasteiger charge is -2.11. The van der Waals surface area contributed by atoms with Crippen LogP contribution in [0.4, 0.5) is 5.69 Å². The van der Waals surface area contributed by atoms with Crippen LogP contribution in [0.15, 0.2) is 30.7 Å². The third kappa shape index (κ3) is 2.59. The summed E-state index contributed by atoms with van der Waals surface area (Å²) in [5, 5.41) is 0. The molecule has 94 valence electrons. The first-order valence-electron chi connectivity index (χ1n) is 5.91. The molecule has 0 bridgehead atoms. The van der Waals surface area contributed by atoms with Crippen LogP contribution >= 0.6 is 0 Å². The fourth-order valence-corrected chi connectivity index (χ4v) is 1.68. The number of aryl methyl sites for hydroxylation is 1. The average Bonchev–Trinajstić information content (AvgIpc) is 2.32. The molecule has 0 aliphatic heterocycles. The van der Waals surface area contributed by atoms with E-state index in [4.69, 9.17) is 10.5 Å². The Morgan fingerprint density at radius 2 is 2.06 bits per heavy atom. The maximum absolute atomic E-state index is 6.03. The van der Waals surface area contributed by atoms with Crippen molar-refractivity contribution >= 4 is 5.69 Å². The Morgan fingerprint density at radius 3 is 2.78 bits per heavy atom. The van der Waals surface area contributed by atoms with Crippen molar-refractivity contribution in [1.29, 1.82) is 0 Å². The molecule has 0 saturated heterocycles. The van der Waals surface area contributed by atoms with Gasteiger partial charge in [-0.15, -0.1) is 0 Å². The Morgan fingerprint density at radius 1 is 1.28 bits per heavy atom. The highest BCUT2D eigenvalue weighted by atomic mass is 16.5. The summed E-state index contributed by atoms with van der Waals surface area (Å²) in [6, 6.07) is 3.80. The predicted octanol–water partition coefficient (Wildman–Crippen LogP) is 2.82. The summed E-state index contributed by atoms with van der Waals surface area (Å²) < 4.78 is 5.62. The summed E-state index contributed by atoms with van der Waals surface area (Å²) in [7, 11) is 0. The molecule has 18 heavy (non-hydrogen) atoms. The van der Waals surface area contributed by atoms with E-state index < -0.39 is 0 Å².